The molecule has 4 heteroatoms. The van der Waals surface area contributed by atoms with Gasteiger partial charge in [-0.25, -0.2) is 0 Å². The highest BCUT2D eigenvalue weighted by molar-refractivity contribution is 5.66. The minimum atomic E-state index is -0.718. The number of fused-ring (bicyclic) bond motifs is 5. The highest BCUT2D eigenvalue weighted by atomic mass is 16.4. The Labute approximate surface area is 169 Å². The topological polar surface area (TPSA) is 77.8 Å². The Kier molecular flexibility index (Phi) is 5.19. The number of hydrogen-bond donors (Lipinski definition) is 3. The predicted octanol–water partition coefficient (Wildman–Crippen LogP) is 4.40. The summed E-state index contributed by atoms with van der Waals surface area (Å²) >= 11 is 0. The first-order valence-electron chi connectivity index (χ1n) is 11.5. The maximum absolute atomic E-state index is 11.4. The van der Waals surface area contributed by atoms with E-state index in [1.54, 1.807) is 5.57 Å². The van der Waals surface area contributed by atoms with E-state index in [0.717, 1.165) is 44.9 Å². The number of hydrogen-bond acceptors (Lipinski definition) is 3. The van der Waals surface area contributed by atoms with Gasteiger partial charge in [0.05, 0.1) is 12.2 Å². The lowest BCUT2D eigenvalue weighted by molar-refractivity contribution is -0.137. The summed E-state index contributed by atoms with van der Waals surface area (Å²) in [5.41, 5.74) is 1.67. The molecule has 4 rings (SSSR count). The number of carboxylic acid groups (broad SMARTS) is 1. The van der Waals surface area contributed by atoms with Crippen molar-refractivity contribution >= 4 is 5.97 Å². The molecule has 4 aliphatic rings. The molecule has 28 heavy (non-hydrogen) atoms. The predicted molar refractivity (Wildman–Crippen MR) is 109 cm³/mol. The smallest absolute Gasteiger partial charge is 0.303 e. The van der Waals surface area contributed by atoms with Gasteiger partial charge in [-0.1, -0.05) is 32.4 Å². The number of allylic oxidation sites excluding steroid dienone is 2. The van der Waals surface area contributed by atoms with Crippen molar-refractivity contribution in [2.24, 2.45) is 40.4 Å². The summed E-state index contributed by atoms with van der Waals surface area (Å²) < 4.78 is 0. The molecule has 0 unspecified atom stereocenters. The molecule has 0 aromatic heterocycles. The van der Waals surface area contributed by atoms with Gasteiger partial charge in [0.25, 0.3) is 0 Å². The maximum Gasteiger partial charge on any atom is 0.303 e. The number of rotatable bonds is 4. The van der Waals surface area contributed by atoms with Crippen LogP contribution in [0.1, 0.15) is 78.6 Å². The Morgan fingerprint density at radius 3 is 2.64 bits per heavy atom. The van der Waals surface area contributed by atoms with Crippen LogP contribution < -0.4 is 0 Å². The third-order valence-electron chi connectivity index (χ3n) is 9.74. The minimum Gasteiger partial charge on any atom is -0.481 e. The van der Waals surface area contributed by atoms with E-state index in [9.17, 15) is 15.0 Å². The fourth-order valence-corrected chi connectivity index (χ4v) is 7.97. The van der Waals surface area contributed by atoms with Gasteiger partial charge in [-0.3, -0.25) is 4.79 Å². The van der Waals surface area contributed by atoms with Crippen LogP contribution in [0, 0.1) is 40.4 Å². The van der Waals surface area contributed by atoms with Gasteiger partial charge in [0.15, 0.2) is 0 Å². The quantitative estimate of drug-likeness (QED) is 0.622. The zero-order chi connectivity index (χ0) is 20.3. The molecule has 3 N–H and O–H groups in total. The van der Waals surface area contributed by atoms with Crippen molar-refractivity contribution in [3.63, 3.8) is 0 Å². The molecule has 0 saturated heterocycles. The fraction of sp³-hybridized carbons (Fsp3) is 0.875. The van der Waals surface area contributed by atoms with Crippen LogP contribution in [0.4, 0.5) is 0 Å². The van der Waals surface area contributed by atoms with Crippen LogP contribution in [0.3, 0.4) is 0 Å². The van der Waals surface area contributed by atoms with Gasteiger partial charge < -0.3 is 15.3 Å². The lowest BCUT2D eigenvalue weighted by atomic mass is 9.47. The minimum absolute atomic E-state index is 0.127. The molecule has 4 nitrogen and oxygen atoms in total. The van der Waals surface area contributed by atoms with Gasteiger partial charge >= 0.3 is 5.97 Å². The average molecular weight is 391 g/mol. The van der Waals surface area contributed by atoms with Crippen molar-refractivity contribution < 1.29 is 20.1 Å². The van der Waals surface area contributed by atoms with Gasteiger partial charge in [-0.05, 0) is 86.4 Å². The van der Waals surface area contributed by atoms with Crippen molar-refractivity contribution in [2.75, 3.05) is 0 Å². The second-order valence-corrected chi connectivity index (χ2v) is 10.9. The first kappa shape index (κ1) is 20.4. The van der Waals surface area contributed by atoms with E-state index in [2.05, 4.69) is 26.8 Å². The number of aliphatic hydroxyl groups is 2. The molecule has 4 aliphatic carbocycles. The van der Waals surface area contributed by atoms with E-state index >= 15 is 0 Å². The summed E-state index contributed by atoms with van der Waals surface area (Å²) in [5, 5.41) is 30.7. The number of carbonyl (C=O) groups is 1. The van der Waals surface area contributed by atoms with Crippen LogP contribution >= 0.6 is 0 Å². The van der Waals surface area contributed by atoms with E-state index in [1.807, 2.05) is 0 Å². The van der Waals surface area contributed by atoms with Crippen LogP contribution in [0.5, 0.6) is 0 Å². The van der Waals surface area contributed by atoms with Crippen molar-refractivity contribution in [3.05, 3.63) is 11.6 Å². The highest BCUT2D eigenvalue weighted by Crippen LogP contribution is 2.66. The summed E-state index contributed by atoms with van der Waals surface area (Å²) in [6.07, 6.45) is 9.93. The average Bonchev–Trinajstić information content (AvgIpc) is 3.00. The van der Waals surface area contributed by atoms with Gasteiger partial charge in [0, 0.05) is 11.8 Å². The van der Waals surface area contributed by atoms with Crippen LogP contribution in [0.2, 0.25) is 0 Å². The summed E-state index contributed by atoms with van der Waals surface area (Å²) in [6.45, 7) is 6.89. The van der Waals surface area contributed by atoms with Crippen molar-refractivity contribution in [1.29, 1.82) is 0 Å². The van der Waals surface area contributed by atoms with Crippen LogP contribution in [-0.2, 0) is 4.79 Å². The molecule has 0 heterocycles. The molecule has 9 atom stereocenters. The second kappa shape index (κ2) is 7.12. The van der Waals surface area contributed by atoms with Crippen LogP contribution in [0.15, 0.2) is 11.6 Å². The normalized spacial score (nSPS) is 48.8. The first-order chi connectivity index (χ1) is 13.2. The van der Waals surface area contributed by atoms with Gasteiger partial charge in [0.2, 0.25) is 0 Å². The van der Waals surface area contributed by atoms with E-state index < -0.39 is 5.97 Å². The maximum atomic E-state index is 11.4. The third kappa shape index (κ3) is 2.98. The van der Waals surface area contributed by atoms with Gasteiger partial charge in [-0.2, -0.15) is 0 Å². The summed E-state index contributed by atoms with van der Waals surface area (Å²) in [6, 6.07) is 0. The van der Waals surface area contributed by atoms with Gasteiger partial charge in [0.1, 0.15) is 0 Å². The molecular formula is C24H38O4. The lowest BCUT2D eigenvalue weighted by Crippen LogP contribution is -2.55. The zero-order valence-electron chi connectivity index (χ0n) is 17.7. The molecule has 0 aromatic rings. The fourth-order valence-electron chi connectivity index (χ4n) is 7.97. The number of aliphatic carboxylic acids is 1. The summed E-state index contributed by atoms with van der Waals surface area (Å²) in [4.78, 5) is 11.0. The monoisotopic (exact) mass is 390 g/mol. The van der Waals surface area contributed by atoms with E-state index in [1.165, 1.54) is 0 Å². The van der Waals surface area contributed by atoms with Crippen molar-refractivity contribution in [2.45, 2.75) is 90.8 Å². The number of carboxylic acids is 1. The van der Waals surface area contributed by atoms with Crippen molar-refractivity contribution in [3.8, 4) is 0 Å². The molecule has 158 valence electrons. The molecular weight excluding hydrogens is 352 g/mol. The van der Waals surface area contributed by atoms with Crippen LogP contribution in [-0.4, -0.2) is 33.5 Å². The SMILES string of the molecule is C[C@H](CCC(=O)O)[C@H]1CC[C@H]2C3=CC[C@@H]4C[C@H](O)CC[C@]4(C)[C@H]3C[C@H](O)[C@]12C. The third-order valence-corrected chi connectivity index (χ3v) is 9.74. The van der Waals surface area contributed by atoms with Crippen LogP contribution in [0.25, 0.3) is 0 Å². The second-order valence-electron chi connectivity index (χ2n) is 10.9. The summed E-state index contributed by atoms with van der Waals surface area (Å²) in [7, 11) is 0. The summed E-state index contributed by atoms with van der Waals surface area (Å²) in [5.74, 6) is 1.42. The van der Waals surface area contributed by atoms with E-state index in [-0.39, 0.29) is 29.5 Å². The standard InChI is InChI=1S/C24H38O4/c1-14(4-9-22(27)28)18-7-8-19-17-6-5-15-12-16(25)10-11-23(15,2)20(17)13-21(26)24(18,19)3/h6,14-16,18-21,25-26H,4-5,7-13H2,1-3H3,(H,27,28)/t14-,15-,16-,18-,19+,20+,21+,23+,24-/m1/s1. The largest absolute Gasteiger partial charge is 0.481 e. The molecule has 0 amide bonds. The highest BCUT2D eigenvalue weighted by Gasteiger charge is 2.61. The number of aliphatic hydroxyl groups excluding tert-OH is 2. The van der Waals surface area contributed by atoms with E-state index in [4.69, 9.17) is 5.11 Å². The Balaban J connectivity index is 1.61. The lowest BCUT2D eigenvalue weighted by Gasteiger charge is -2.59. The van der Waals surface area contributed by atoms with Gasteiger partial charge in [-0.15, -0.1) is 0 Å². The molecule has 0 aromatic carbocycles. The van der Waals surface area contributed by atoms with E-state index in [0.29, 0.717) is 36.0 Å². The molecule has 0 aliphatic heterocycles. The Hall–Kier alpha value is -0.870. The Bertz CT molecular complexity index is 657. The first-order valence-corrected chi connectivity index (χ1v) is 11.5. The molecule has 0 bridgehead atoms. The molecule has 3 saturated carbocycles. The zero-order valence-corrected chi connectivity index (χ0v) is 17.7. The van der Waals surface area contributed by atoms with Crippen molar-refractivity contribution in [1.82, 2.24) is 0 Å². The Morgan fingerprint density at radius 2 is 1.93 bits per heavy atom. The Morgan fingerprint density at radius 1 is 1.18 bits per heavy atom. The molecule has 0 radical (unpaired) electrons. The molecule has 3 fully saturated rings. The molecule has 0 spiro atoms.